The molecule has 2 rings (SSSR count). The zero-order chi connectivity index (χ0) is 17.3. The van der Waals surface area contributed by atoms with Gasteiger partial charge in [0.05, 0.1) is 13.2 Å². The van der Waals surface area contributed by atoms with Crippen molar-refractivity contribution in [1.29, 1.82) is 0 Å². The monoisotopic (exact) mass is 342 g/mol. The van der Waals surface area contributed by atoms with E-state index in [0.717, 1.165) is 0 Å². The van der Waals surface area contributed by atoms with E-state index < -0.39 is 74.6 Å². The van der Waals surface area contributed by atoms with Gasteiger partial charge in [-0.05, 0) is 0 Å². The molecular weight excluding hydrogens is 320 g/mol. The molecule has 2 fully saturated rings. The van der Waals surface area contributed by atoms with Crippen LogP contribution >= 0.6 is 0 Å². The SMILES string of the molecule is OCC1O[C@@H](O[C@@H]2C(CO)O[C@@H](O)[C@@H](O)C2O)[C@@H](O)C(O)[C@@H]1O. The van der Waals surface area contributed by atoms with Crippen molar-refractivity contribution < 1.29 is 55.1 Å². The lowest BCUT2D eigenvalue weighted by Crippen LogP contribution is -2.64. The molecule has 0 aromatic heterocycles. The summed E-state index contributed by atoms with van der Waals surface area (Å²) in [6.45, 7) is -1.35. The Balaban J connectivity index is 2.11. The average Bonchev–Trinajstić information content (AvgIpc) is 2.55. The molecule has 0 spiro atoms. The van der Waals surface area contributed by atoms with Gasteiger partial charge in [-0.3, -0.25) is 0 Å². The molecule has 0 bridgehead atoms. The average molecular weight is 342 g/mol. The lowest BCUT2D eigenvalue weighted by molar-refractivity contribution is -0.355. The minimum atomic E-state index is -1.74. The number of hydrogen-bond acceptors (Lipinski definition) is 11. The Bertz CT molecular complexity index is 378. The van der Waals surface area contributed by atoms with Crippen LogP contribution in [0.25, 0.3) is 0 Å². The van der Waals surface area contributed by atoms with Gasteiger partial charge in [0.15, 0.2) is 12.6 Å². The zero-order valence-corrected chi connectivity index (χ0v) is 12.0. The van der Waals surface area contributed by atoms with E-state index in [1.54, 1.807) is 0 Å². The molecule has 0 aromatic carbocycles. The van der Waals surface area contributed by atoms with Crippen LogP contribution in [0.4, 0.5) is 0 Å². The van der Waals surface area contributed by atoms with E-state index in [4.69, 9.17) is 19.3 Å². The van der Waals surface area contributed by atoms with Gasteiger partial charge < -0.3 is 55.1 Å². The van der Waals surface area contributed by atoms with Crippen LogP contribution in [0, 0.1) is 0 Å². The summed E-state index contributed by atoms with van der Waals surface area (Å²) in [5, 5.41) is 76.5. The molecule has 0 radical (unpaired) electrons. The normalized spacial score (nSPS) is 51.7. The van der Waals surface area contributed by atoms with Gasteiger partial charge in [-0.15, -0.1) is 0 Å². The smallest absolute Gasteiger partial charge is 0.187 e. The largest absolute Gasteiger partial charge is 0.394 e. The maximum absolute atomic E-state index is 9.94. The molecule has 2 heterocycles. The Morgan fingerprint density at radius 1 is 0.652 bits per heavy atom. The second-order valence-corrected chi connectivity index (χ2v) is 5.53. The van der Waals surface area contributed by atoms with Crippen molar-refractivity contribution in [1.82, 2.24) is 0 Å². The highest BCUT2D eigenvalue weighted by atomic mass is 16.7. The second-order valence-electron chi connectivity index (χ2n) is 5.53. The van der Waals surface area contributed by atoms with Crippen LogP contribution in [0.15, 0.2) is 0 Å². The van der Waals surface area contributed by atoms with Gasteiger partial charge in [0.2, 0.25) is 0 Å². The Labute approximate surface area is 130 Å². The summed E-state index contributed by atoms with van der Waals surface area (Å²) in [4.78, 5) is 0. The second kappa shape index (κ2) is 7.63. The molecule has 10 atom stereocenters. The molecular formula is C12H22O11. The maximum Gasteiger partial charge on any atom is 0.187 e. The molecule has 23 heavy (non-hydrogen) atoms. The third-order valence-electron chi connectivity index (χ3n) is 3.98. The van der Waals surface area contributed by atoms with E-state index in [1.165, 1.54) is 0 Å². The molecule has 0 amide bonds. The lowest BCUT2D eigenvalue weighted by Gasteiger charge is -2.45. The standard InChI is InChI=1S/C12H22O11/c13-1-3-5(15)6(16)9(19)12(22-3)23-10-4(2-14)21-11(20)8(18)7(10)17/h3-20H,1-2H2/t3?,4?,5-,6?,7?,8+,9+,10-,11-,12+/m1/s1. The molecule has 2 saturated heterocycles. The van der Waals surface area contributed by atoms with Crippen LogP contribution in [0.1, 0.15) is 0 Å². The number of hydrogen-bond donors (Lipinski definition) is 8. The fraction of sp³-hybridized carbons (Fsp3) is 1.00. The minimum Gasteiger partial charge on any atom is -0.394 e. The summed E-state index contributed by atoms with van der Waals surface area (Å²) < 4.78 is 15.3. The zero-order valence-electron chi connectivity index (χ0n) is 12.0. The molecule has 11 heteroatoms. The van der Waals surface area contributed by atoms with Crippen LogP contribution in [0.3, 0.4) is 0 Å². The molecule has 2 aliphatic heterocycles. The van der Waals surface area contributed by atoms with Gasteiger partial charge in [0, 0.05) is 0 Å². The van der Waals surface area contributed by atoms with E-state index >= 15 is 0 Å². The van der Waals surface area contributed by atoms with Crippen molar-refractivity contribution in [3.63, 3.8) is 0 Å². The number of rotatable bonds is 4. The lowest BCUT2D eigenvalue weighted by atomic mass is 9.97. The Morgan fingerprint density at radius 2 is 1.26 bits per heavy atom. The predicted octanol–water partition coefficient (Wildman–Crippen LogP) is -5.40. The van der Waals surface area contributed by atoms with Crippen LogP contribution < -0.4 is 0 Å². The molecule has 136 valence electrons. The van der Waals surface area contributed by atoms with Gasteiger partial charge >= 0.3 is 0 Å². The van der Waals surface area contributed by atoms with E-state index in [0.29, 0.717) is 0 Å². The first-order valence-corrected chi connectivity index (χ1v) is 7.08. The van der Waals surface area contributed by atoms with E-state index in [2.05, 4.69) is 0 Å². The summed E-state index contributed by atoms with van der Waals surface area (Å²) in [7, 11) is 0. The molecule has 8 N–H and O–H groups in total. The third-order valence-corrected chi connectivity index (χ3v) is 3.98. The number of ether oxygens (including phenoxy) is 3. The number of aliphatic hydroxyl groups is 8. The Morgan fingerprint density at radius 3 is 1.83 bits per heavy atom. The highest BCUT2D eigenvalue weighted by Crippen LogP contribution is 2.28. The number of aliphatic hydroxyl groups excluding tert-OH is 8. The van der Waals surface area contributed by atoms with Crippen molar-refractivity contribution in [2.24, 2.45) is 0 Å². The van der Waals surface area contributed by atoms with Crippen molar-refractivity contribution >= 4 is 0 Å². The van der Waals surface area contributed by atoms with Crippen molar-refractivity contribution in [2.75, 3.05) is 13.2 Å². The first-order valence-electron chi connectivity index (χ1n) is 7.08. The van der Waals surface area contributed by atoms with Crippen LogP contribution in [0.5, 0.6) is 0 Å². The quantitative estimate of drug-likeness (QED) is 0.243. The highest BCUT2D eigenvalue weighted by Gasteiger charge is 2.50. The first-order chi connectivity index (χ1) is 10.8. The highest BCUT2D eigenvalue weighted by molar-refractivity contribution is 4.93. The molecule has 0 saturated carbocycles. The van der Waals surface area contributed by atoms with Crippen LogP contribution in [0.2, 0.25) is 0 Å². The Kier molecular flexibility index (Phi) is 6.27. The van der Waals surface area contributed by atoms with Gasteiger partial charge in [-0.2, -0.15) is 0 Å². The molecule has 0 aromatic rings. The van der Waals surface area contributed by atoms with E-state index in [1.807, 2.05) is 0 Å². The summed E-state index contributed by atoms with van der Waals surface area (Å²) in [5.41, 5.74) is 0. The fourth-order valence-electron chi connectivity index (χ4n) is 2.57. The summed E-state index contributed by atoms with van der Waals surface area (Å²) >= 11 is 0. The van der Waals surface area contributed by atoms with Gasteiger partial charge in [-0.1, -0.05) is 0 Å². The summed E-state index contributed by atoms with van der Waals surface area (Å²) in [6.07, 6.45) is -15.6. The van der Waals surface area contributed by atoms with E-state index in [-0.39, 0.29) is 0 Å². The third kappa shape index (κ3) is 3.65. The van der Waals surface area contributed by atoms with Gasteiger partial charge in [0.25, 0.3) is 0 Å². The van der Waals surface area contributed by atoms with Crippen molar-refractivity contribution in [2.45, 2.75) is 61.4 Å². The Hall–Kier alpha value is -0.440. The van der Waals surface area contributed by atoms with Crippen LogP contribution in [-0.2, 0) is 14.2 Å². The minimum absolute atomic E-state index is 0.667. The fourth-order valence-corrected chi connectivity index (χ4v) is 2.57. The summed E-state index contributed by atoms with van der Waals surface area (Å²) in [5.74, 6) is 0. The molecule has 2 aliphatic rings. The molecule has 0 aliphatic carbocycles. The predicted molar refractivity (Wildman–Crippen MR) is 68.6 cm³/mol. The maximum atomic E-state index is 9.94. The van der Waals surface area contributed by atoms with Crippen LogP contribution in [-0.4, -0.2) is 115 Å². The molecule has 11 nitrogen and oxygen atoms in total. The van der Waals surface area contributed by atoms with Crippen molar-refractivity contribution in [3.05, 3.63) is 0 Å². The van der Waals surface area contributed by atoms with Crippen molar-refractivity contribution in [3.8, 4) is 0 Å². The molecule has 4 unspecified atom stereocenters. The summed E-state index contributed by atoms with van der Waals surface area (Å²) in [6, 6.07) is 0. The van der Waals surface area contributed by atoms with E-state index in [9.17, 15) is 35.7 Å². The van der Waals surface area contributed by atoms with Gasteiger partial charge in [0.1, 0.15) is 48.8 Å². The van der Waals surface area contributed by atoms with Gasteiger partial charge in [-0.25, -0.2) is 0 Å². The first kappa shape index (κ1) is 18.9. The topological polar surface area (TPSA) is 190 Å².